The molecule has 0 N–H and O–H groups in total. The Balaban J connectivity index is 1.46. The standard InChI is InChI=1S/C18H24N2O3/c1-10-5-11(2)8-19(7-10)14(21)9-20-17(22)15-12-3-4-13(6-12)16(15)18(20)23/h3-4,10-13,15-16H,5-9H2,1-2H3/t10-,11-,12+,13+,15-,16+/m1/s1. The van der Waals surface area contributed by atoms with Gasteiger partial charge in [0.05, 0.1) is 11.8 Å². The van der Waals surface area contributed by atoms with Gasteiger partial charge in [-0.1, -0.05) is 26.0 Å². The monoisotopic (exact) mass is 316 g/mol. The molecule has 6 atom stereocenters. The molecule has 0 unspecified atom stereocenters. The highest BCUT2D eigenvalue weighted by Gasteiger charge is 2.59. The van der Waals surface area contributed by atoms with Gasteiger partial charge in [0.1, 0.15) is 6.54 Å². The minimum atomic E-state index is -0.204. The first-order valence-electron chi connectivity index (χ1n) is 8.77. The van der Waals surface area contributed by atoms with Crippen LogP contribution in [0.25, 0.3) is 0 Å². The van der Waals surface area contributed by atoms with Gasteiger partial charge in [-0.05, 0) is 36.5 Å². The topological polar surface area (TPSA) is 57.7 Å². The Labute approximate surface area is 136 Å². The molecule has 0 aromatic rings. The fourth-order valence-electron chi connectivity index (χ4n) is 5.22. The van der Waals surface area contributed by atoms with Gasteiger partial charge in [0.15, 0.2) is 0 Å². The van der Waals surface area contributed by atoms with Crippen molar-refractivity contribution in [2.75, 3.05) is 19.6 Å². The SMILES string of the molecule is C[C@@H]1C[C@@H](C)CN(C(=O)CN2C(=O)[C@@H]3[C@H](C2=O)[C@H]2C=C[C@H]3C2)C1. The number of fused-ring (bicyclic) bond motifs is 5. The van der Waals surface area contributed by atoms with E-state index >= 15 is 0 Å². The van der Waals surface area contributed by atoms with E-state index < -0.39 is 0 Å². The van der Waals surface area contributed by atoms with Crippen LogP contribution in [0, 0.1) is 35.5 Å². The second kappa shape index (κ2) is 5.18. The summed E-state index contributed by atoms with van der Waals surface area (Å²) < 4.78 is 0. The van der Waals surface area contributed by atoms with Crippen LogP contribution < -0.4 is 0 Å². The van der Waals surface area contributed by atoms with Crippen LogP contribution in [-0.2, 0) is 14.4 Å². The lowest BCUT2D eigenvalue weighted by Gasteiger charge is -2.35. The number of hydrogen-bond donors (Lipinski definition) is 0. The smallest absolute Gasteiger partial charge is 0.242 e. The number of hydrogen-bond acceptors (Lipinski definition) is 3. The molecule has 0 spiro atoms. The summed E-state index contributed by atoms with van der Waals surface area (Å²) >= 11 is 0. The molecule has 2 saturated heterocycles. The van der Waals surface area contributed by atoms with Crippen LogP contribution in [0.2, 0.25) is 0 Å². The Bertz CT molecular complexity index is 559. The third kappa shape index (κ3) is 2.24. The molecule has 2 aliphatic heterocycles. The minimum Gasteiger partial charge on any atom is -0.341 e. The molecular formula is C18H24N2O3. The molecule has 1 saturated carbocycles. The summed E-state index contributed by atoms with van der Waals surface area (Å²) in [6.07, 6.45) is 6.22. The third-order valence-corrected chi connectivity index (χ3v) is 6.08. The zero-order valence-electron chi connectivity index (χ0n) is 13.8. The van der Waals surface area contributed by atoms with Gasteiger partial charge < -0.3 is 4.90 Å². The normalized spacial score (nSPS) is 41.8. The summed E-state index contributed by atoms with van der Waals surface area (Å²) in [5, 5.41) is 0. The highest BCUT2D eigenvalue weighted by Crippen LogP contribution is 2.52. The Morgan fingerprint density at radius 3 is 2.04 bits per heavy atom. The first-order valence-corrected chi connectivity index (χ1v) is 8.77. The predicted molar refractivity (Wildman–Crippen MR) is 84.0 cm³/mol. The molecule has 0 aromatic heterocycles. The molecule has 0 aromatic carbocycles. The van der Waals surface area contributed by atoms with Gasteiger partial charge in [0, 0.05) is 13.1 Å². The van der Waals surface area contributed by atoms with E-state index in [1.807, 2.05) is 4.90 Å². The van der Waals surface area contributed by atoms with Gasteiger partial charge in [0.25, 0.3) is 0 Å². The first-order chi connectivity index (χ1) is 11.0. The van der Waals surface area contributed by atoms with E-state index in [4.69, 9.17) is 0 Å². The van der Waals surface area contributed by atoms with Crippen LogP contribution in [0.15, 0.2) is 12.2 Å². The van der Waals surface area contributed by atoms with Crippen LogP contribution in [0.1, 0.15) is 26.7 Å². The van der Waals surface area contributed by atoms with Crippen LogP contribution in [-0.4, -0.2) is 47.2 Å². The first kappa shape index (κ1) is 14.9. The summed E-state index contributed by atoms with van der Waals surface area (Å²) in [5.74, 6) is 0.637. The van der Waals surface area contributed by atoms with Crippen molar-refractivity contribution < 1.29 is 14.4 Å². The molecule has 4 aliphatic rings. The summed E-state index contributed by atoms with van der Waals surface area (Å²) in [5.41, 5.74) is 0. The highest BCUT2D eigenvalue weighted by atomic mass is 16.2. The lowest BCUT2D eigenvalue weighted by atomic mass is 9.85. The lowest BCUT2D eigenvalue weighted by molar-refractivity contribution is -0.148. The van der Waals surface area contributed by atoms with Crippen molar-refractivity contribution in [3.63, 3.8) is 0 Å². The van der Waals surface area contributed by atoms with Crippen molar-refractivity contribution in [1.29, 1.82) is 0 Å². The number of allylic oxidation sites excluding steroid dienone is 2. The fourth-order valence-corrected chi connectivity index (χ4v) is 5.22. The molecule has 4 rings (SSSR count). The quantitative estimate of drug-likeness (QED) is 0.570. The van der Waals surface area contributed by atoms with Crippen LogP contribution in [0.3, 0.4) is 0 Å². The van der Waals surface area contributed by atoms with Crippen molar-refractivity contribution in [1.82, 2.24) is 9.80 Å². The molecule has 0 radical (unpaired) electrons. The van der Waals surface area contributed by atoms with Crippen molar-refractivity contribution in [3.8, 4) is 0 Å². The molecule has 5 heteroatoms. The molecular weight excluding hydrogens is 292 g/mol. The number of carbonyl (C=O) groups is 3. The largest absolute Gasteiger partial charge is 0.341 e. The Kier molecular flexibility index (Phi) is 3.36. The van der Waals surface area contributed by atoms with E-state index in [2.05, 4.69) is 26.0 Å². The van der Waals surface area contributed by atoms with Crippen molar-refractivity contribution in [3.05, 3.63) is 12.2 Å². The van der Waals surface area contributed by atoms with E-state index in [1.165, 1.54) is 4.90 Å². The van der Waals surface area contributed by atoms with Crippen LogP contribution in [0.4, 0.5) is 0 Å². The number of nitrogens with zero attached hydrogens (tertiary/aromatic N) is 2. The average molecular weight is 316 g/mol. The fraction of sp³-hybridized carbons (Fsp3) is 0.722. The zero-order valence-corrected chi connectivity index (χ0v) is 13.8. The summed E-state index contributed by atoms with van der Waals surface area (Å²) in [4.78, 5) is 40.9. The Morgan fingerprint density at radius 2 is 1.52 bits per heavy atom. The number of imide groups is 1. The predicted octanol–water partition coefficient (Wildman–Crippen LogP) is 1.30. The maximum Gasteiger partial charge on any atom is 0.242 e. The van der Waals surface area contributed by atoms with E-state index in [9.17, 15) is 14.4 Å². The van der Waals surface area contributed by atoms with Gasteiger partial charge in [-0.15, -0.1) is 0 Å². The third-order valence-electron chi connectivity index (χ3n) is 6.08. The number of carbonyl (C=O) groups excluding carboxylic acids is 3. The van der Waals surface area contributed by atoms with Crippen LogP contribution >= 0.6 is 0 Å². The minimum absolute atomic E-state index is 0.0659. The Hall–Kier alpha value is -1.65. The van der Waals surface area contributed by atoms with Crippen molar-refractivity contribution >= 4 is 17.7 Å². The lowest BCUT2D eigenvalue weighted by Crippen LogP contribution is -2.48. The average Bonchev–Trinajstić information content (AvgIpc) is 3.16. The van der Waals surface area contributed by atoms with Crippen molar-refractivity contribution in [2.24, 2.45) is 35.5 Å². The number of likely N-dealkylation sites (tertiary alicyclic amines) is 2. The highest BCUT2D eigenvalue weighted by molar-refractivity contribution is 6.08. The van der Waals surface area contributed by atoms with Gasteiger partial charge in [-0.25, -0.2) is 0 Å². The van der Waals surface area contributed by atoms with E-state index in [1.54, 1.807) is 0 Å². The molecule has 3 amide bonds. The molecule has 5 nitrogen and oxygen atoms in total. The maximum absolute atomic E-state index is 12.6. The zero-order chi connectivity index (χ0) is 16.3. The van der Waals surface area contributed by atoms with Gasteiger partial charge in [-0.2, -0.15) is 0 Å². The molecule has 3 fully saturated rings. The van der Waals surface area contributed by atoms with E-state index in [0.29, 0.717) is 11.8 Å². The molecule has 2 heterocycles. The molecule has 124 valence electrons. The Morgan fingerprint density at radius 1 is 1.00 bits per heavy atom. The molecule has 23 heavy (non-hydrogen) atoms. The van der Waals surface area contributed by atoms with E-state index in [0.717, 1.165) is 25.9 Å². The van der Waals surface area contributed by atoms with Crippen LogP contribution in [0.5, 0.6) is 0 Å². The summed E-state index contributed by atoms with van der Waals surface area (Å²) in [6, 6.07) is 0. The van der Waals surface area contributed by atoms with Gasteiger partial charge >= 0.3 is 0 Å². The summed E-state index contributed by atoms with van der Waals surface area (Å²) in [7, 11) is 0. The summed E-state index contributed by atoms with van der Waals surface area (Å²) in [6.45, 7) is 5.70. The number of rotatable bonds is 2. The van der Waals surface area contributed by atoms with E-state index in [-0.39, 0.29) is 47.9 Å². The molecule has 2 aliphatic carbocycles. The second-order valence-electron chi connectivity index (χ2n) is 8.01. The number of amides is 3. The van der Waals surface area contributed by atoms with Crippen molar-refractivity contribution in [2.45, 2.75) is 26.7 Å². The maximum atomic E-state index is 12.6. The second-order valence-corrected chi connectivity index (χ2v) is 8.01. The van der Waals surface area contributed by atoms with Gasteiger partial charge in [0.2, 0.25) is 17.7 Å². The number of piperidine rings is 1. The van der Waals surface area contributed by atoms with Gasteiger partial charge in [-0.3, -0.25) is 19.3 Å². The molecule has 2 bridgehead atoms.